The molecule has 2 aromatic rings. The van der Waals surface area contributed by atoms with Crippen molar-refractivity contribution in [2.75, 3.05) is 14.2 Å². The Hall–Kier alpha value is -2.01. The van der Waals surface area contributed by atoms with Crippen LogP contribution in [0.5, 0.6) is 11.5 Å². The van der Waals surface area contributed by atoms with Crippen molar-refractivity contribution in [2.24, 2.45) is 5.92 Å². The molecule has 0 saturated heterocycles. The number of ether oxygens (including phenoxy) is 2. The van der Waals surface area contributed by atoms with Gasteiger partial charge in [-0.05, 0) is 54.7 Å². The van der Waals surface area contributed by atoms with Crippen molar-refractivity contribution in [2.45, 2.75) is 25.3 Å². The zero-order valence-electron chi connectivity index (χ0n) is 14.6. The van der Waals surface area contributed by atoms with Gasteiger partial charge in [-0.15, -0.1) is 0 Å². The lowest BCUT2D eigenvalue weighted by Gasteiger charge is -2.16. The van der Waals surface area contributed by atoms with Crippen LogP contribution in [0.1, 0.15) is 36.4 Å². The molecule has 0 heterocycles. The second kappa shape index (κ2) is 7.48. The van der Waals surface area contributed by atoms with Gasteiger partial charge in [0, 0.05) is 10.4 Å². The van der Waals surface area contributed by atoms with E-state index in [-0.39, 0.29) is 17.9 Å². The second-order valence-electron chi connectivity index (χ2n) is 6.35. The Morgan fingerprint density at radius 1 is 1.16 bits per heavy atom. The maximum atomic E-state index is 12.6. The standard InChI is InChI=1S/C20H22BrNO3/c1-12(13-7-8-18(24-2)19(10-13)25-3)22-20(23)17-11-16(17)14-5-4-6-15(21)9-14/h4-10,12,16-17H,11H2,1-3H3,(H,22,23). The third-order valence-electron chi connectivity index (χ3n) is 4.67. The van der Waals surface area contributed by atoms with Crippen molar-refractivity contribution in [3.8, 4) is 11.5 Å². The number of nitrogens with one attached hydrogen (secondary N) is 1. The normalized spacial score (nSPS) is 19.8. The first-order chi connectivity index (χ1) is 12.0. The van der Waals surface area contributed by atoms with E-state index in [2.05, 4.69) is 33.4 Å². The molecule has 132 valence electrons. The van der Waals surface area contributed by atoms with Crippen molar-refractivity contribution in [3.05, 3.63) is 58.1 Å². The molecule has 0 radical (unpaired) electrons. The summed E-state index contributed by atoms with van der Waals surface area (Å²) in [5.41, 5.74) is 2.21. The van der Waals surface area contributed by atoms with Crippen LogP contribution >= 0.6 is 15.9 Å². The summed E-state index contributed by atoms with van der Waals surface area (Å²) >= 11 is 3.49. The molecule has 1 aliphatic carbocycles. The summed E-state index contributed by atoms with van der Waals surface area (Å²) < 4.78 is 11.6. The van der Waals surface area contributed by atoms with Crippen LogP contribution in [0.25, 0.3) is 0 Å². The number of hydrogen-bond acceptors (Lipinski definition) is 3. The average molecular weight is 404 g/mol. The Balaban J connectivity index is 1.64. The molecule has 0 aliphatic heterocycles. The minimum atomic E-state index is -0.0870. The first kappa shape index (κ1) is 17.8. The van der Waals surface area contributed by atoms with E-state index in [9.17, 15) is 4.79 Å². The lowest BCUT2D eigenvalue weighted by atomic mass is 10.1. The third kappa shape index (κ3) is 3.98. The second-order valence-corrected chi connectivity index (χ2v) is 7.26. The number of benzene rings is 2. The first-order valence-electron chi connectivity index (χ1n) is 8.31. The quantitative estimate of drug-likeness (QED) is 0.774. The molecule has 3 unspecified atom stereocenters. The summed E-state index contributed by atoms with van der Waals surface area (Å²) in [6.45, 7) is 1.98. The molecule has 1 saturated carbocycles. The Labute approximate surface area is 156 Å². The predicted octanol–water partition coefficient (Wildman–Crippen LogP) is 4.45. The molecule has 3 rings (SSSR count). The molecule has 2 aromatic carbocycles. The maximum Gasteiger partial charge on any atom is 0.224 e. The number of amides is 1. The highest BCUT2D eigenvalue weighted by atomic mass is 79.9. The maximum absolute atomic E-state index is 12.6. The predicted molar refractivity (Wildman–Crippen MR) is 101 cm³/mol. The van der Waals surface area contributed by atoms with E-state index < -0.39 is 0 Å². The highest BCUT2D eigenvalue weighted by Gasteiger charge is 2.44. The fraction of sp³-hybridized carbons (Fsp3) is 0.350. The molecule has 0 spiro atoms. The van der Waals surface area contributed by atoms with E-state index in [1.165, 1.54) is 5.56 Å². The van der Waals surface area contributed by atoms with E-state index in [1.807, 2.05) is 37.3 Å². The molecular weight excluding hydrogens is 382 g/mol. The number of methoxy groups -OCH3 is 2. The molecule has 4 nitrogen and oxygen atoms in total. The fourth-order valence-electron chi connectivity index (χ4n) is 3.12. The molecule has 5 heteroatoms. The molecule has 3 atom stereocenters. The smallest absolute Gasteiger partial charge is 0.224 e. The minimum Gasteiger partial charge on any atom is -0.493 e. The summed E-state index contributed by atoms with van der Waals surface area (Å²) in [5.74, 6) is 1.82. The van der Waals surface area contributed by atoms with Crippen LogP contribution in [-0.4, -0.2) is 20.1 Å². The molecule has 1 N–H and O–H groups in total. The Bertz CT molecular complexity index is 777. The van der Waals surface area contributed by atoms with Crippen LogP contribution in [-0.2, 0) is 4.79 Å². The molecule has 1 amide bonds. The fourth-order valence-corrected chi connectivity index (χ4v) is 3.53. The zero-order valence-corrected chi connectivity index (χ0v) is 16.2. The van der Waals surface area contributed by atoms with E-state index in [0.717, 1.165) is 16.5 Å². The van der Waals surface area contributed by atoms with Gasteiger partial charge in [0.25, 0.3) is 0 Å². The van der Waals surface area contributed by atoms with Gasteiger partial charge in [-0.2, -0.15) is 0 Å². The molecular formula is C20H22BrNO3. The van der Waals surface area contributed by atoms with Gasteiger partial charge in [0.05, 0.1) is 20.3 Å². The van der Waals surface area contributed by atoms with Crippen LogP contribution in [0.3, 0.4) is 0 Å². The van der Waals surface area contributed by atoms with E-state index in [1.54, 1.807) is 14.2 Å². The monoisotopic (exact) mass is 403 g/mol. The van der Waals surface area contributed by atoms with Gasteiger partial charge < -0.3 is 14.8 Å². The summed E-state index contributed by atoms with van der Waals surface area (Å²) in [5, 5.41) is 3.11. The van der Waals surface area contributed by atoms with E-state index in [4.69, 9.17) is 9.47 Å². The van der Waals surface area contributed by atoms with Crippen LogP contribution in [0.4, 0.5) is 0 Å². The topological polar surface area (TPSA) is 47.6 Å². The number of halogens is 1. The molecule has 0 aromatic heterocycles. The van der Waals surface area contributed by atoms with Gasteiger partial charge >= 0.3 is 0 Å². The van der Waals surface area contributed by atoms with Gasteiger partial charge in [0.1, 0.15) is 0 Å². The molecule has 1 fully saturated rings. The van der Waals surface area contributed by atoms with Crippen molar-refractivity contribution in [1.82, 2.24) is 5.32 Å². The van der Waals surface area contributed by atoms with Gasteiger partial charge in [0.15, 0.2) is 11.5 Å². The van der Waals surface area contributed by atoms with Gasteiger partial charge in [-0.3, -0.25) is 4.79 Å². The van der Waals surface area contributed by atoms with Crippen LogP contribution in [0.2, 0.25) is 0 Å². The third-order valence-corrected chi connectivity index (χ3v) is 5.16. The number of rotatable bonds is 6. The molecule has 1 aliphatic rings. The summed E-state index contributed by atoms with van der Waals surface area (Å²) in [7, 11) is 3.22. The van der Waals surface area contributed by atoms with E-state index >= 15 is 0 Å². The zero-order chi connectivity index (χ0) is 18.0. The average Bonchev–Trinajstić information content (AvgIpc) is 3.42. The Morgan fingerprint density at radius 3 is 2.60 bits per heavy atom. The van der Waals surface area contributed by atoms with Crippen LogP contribution < -0.4 is 14.8 Å². The van der Waals surface area contributed by atoms with Crippen molar-refractivity contribution < 1.29 is 14.3 Å². The van der Waals surface area contributed by atoms with Crippen molar-refractivity contribution >= 4 is 21.8 Å². The largest absolute Gasteiger partial charge is 0.493 e. The van der Waals surface area contributed by atoms with Crippen LogP contribution in [0, 0.1) is 5.92 Å². The molecule has 0 bridgehead atoms. The Kier molecular flexibility index (Phi) is 5.33. The van der Waals surface area contributed by atoms with Gasteiger partial charge in [-0.25, -0.2) is 0 Å². The first-order valence-corrected chi connectivity index (χ1v) is 9.10. The minimum absolute atomic E-state index is 0.0527. The summed E-state index contributed by atoms with van der Waals surface area (Å²) in [6.07, 6.45) is 0.904. The highest BCUT2D eigenvalue weighted by molar-refractivity contribution is 9.10. The number of carbonyl (C=O) groups excluding carboxylic acids is 1. The van der Waals surface area contributed by atoms with E-state index in [0.29, 0.717) is 17.4 Å². The summed E-state index contributed by atoms with van der Waals surface area (Å²) in [6, 6.07) is 13.8. The summed E-state index contributed by atoms with van der Waals surface area (Å²) in [4.78, 5) is 12.6. The molecule has 25 heavy (non-hydrogen) atoms. The van der Waals surface area contributed by atoms with Crippen molar-refractivity contribution in [1.29, 1.82) is 0 Å². The Morgan fingerprint density at radius 2 is 1.92 bits per heavy atom. The number of carbonyl (C=O) groups is 1. The van der Waals surface area contributed by atoms with Gasteiger partial charge in [-0.1, -0.05) is 34.1 Å². The number of hydrogen-bond donors (Lipinski definition) is 1. The lowest BCUT2D eigenvalue weighted by Crippen LogP contribution is -2.28. The SMILES string of the molecule is COc1ccc(C(C)NC(=O)C2CC2c2cccc(Br)c2)cc1OC. The van der Waals surface area contributed by atoms with Crippen molar-refractivity contribution in [3.63, 3.8) is 0 Å². The van der Waals surface area contributed by atoms with Gasteiger partial charge in [0.2, 0.25) is 5.91 Å². The lowest BCUT2D eigenvalue weighted by molar-refractivity contribution is -0.123. The van der Waals surface area contributed by atoms with Crippen LogP contribution in [0.15, 0.2) is 46.9 Å². The highest BCUT2D eigenvalue weighted by Crippen LogP contribution is 2.48.